The summed E-state index contributed by atoms with van der Waals surface area (Å²) < 4.78 is 5.06. The fraction of sp³-hybridized carbons (Fsp3) is 0.333. The molecule has 4 heteroatoms. The van der Waals surface area contributed by atoms with Crippen molar-refractivity contribution in [1.29, 1.82) is 0 Å². The number of benzene rings is 1. The summed E-state index contributed by atoms with van der Waals surface area (Å²) in [5, 5.41) is 17.7. The van der Waals surface area contributed by atoms with Gasteiger partial charge < -0.3 is 20.7 Å². The van der Waals surface area contributed by atoms with Crippen molar-refractivity contribution in [3.63, 3.8) is 0 Å². The van der Waals surface area contributed by atoms with Gasteiger partial charge in [0.15, 0.2) is 0 Å². The third-order valence-electron chi connectivity index (χ3n) is 1.60. The Morgan fingerprint density at radius 3 is 2.77 bits per heavy atom. The van der Waals surface area contributed by atoms with Crippen LogP contribution in [0.1, 0.15) is 5.56 Å². The van der Waals surface area contributed by atoms with Gasteiger partial charge in [-0.15, -0.1) is 0 Å². The van der Waals surface area contributed by atoms with Gasteiger partial charge in [-0.3, -0.25) is 0 Å². The Kier molecular flexibility index (Phi) is 3.54. The third kappa shape index (κ3) is 2.93. The van der Waals surface area contributed by atoms with Crippen LogP contribution in [-0.2, 0) is 11.3 Å². The lowest BCUT2D eigenvalue weighted by Gasteiger charge is -2.04. The Labute approximate surface area is 76.6 Å². The van der Waals surface area contributed by atoms with Crippen molar-refractivity contribution in [2.24, 2.45) is 0 Å². The maximum absolute atomic E-state index is 9.23. The highest BCUT2D eigenvalue weighted by atomic mass is 16.5. The highest BCUT2D eigenvalue weighted by Crippen LogP contribution is 2.20. The molecule has 0 aliphatic rings. The standard InChI is InChI=1S/C9H13NO3/c10-8-2-1-7(5-9(8)12)6-13-4-3-11/h1-2,5,11-12H,3-4,6,10H2. The van der Waals surface area contributed by atoms with Crippen molar-refractivity contribution >= 4 is 5.69 Å². The number of rotatable bonds is 4. The zero-order chi connectivity index (χ0) is 9.68. The van der Waals surface area contributed by atoms with Gasteiger partial charge in [-0.2, -0.15) is 0 Å². The minimum atomic E-state index is 0.000947. The van der Waals surface area contributed by atoms with E-state index in [2.05, 4.69) is 0 Å². The van der Waals surface area contributed by atoms with Crippen molar-refractivity contribution < 1.29 is 14.9 Å². The van der Waals surface area contributed by atoms with Crippen LogP contribution in [0.15, 0.2) is 18.2 Å². The molecule has 4 N–H and O–H groups in total. The fourth-order valence-corrected chi connectivity index (χ4v) is 0.934. The number of nitrogen functional groups attached to an aromatic ring is 1. The maximum atomic E-state index is 9.23. The molecule has 1 rings (SSSR count). The van der Waals surface area contributed by atoms with Gasteiger partial charge in [-0.1, -0.05) is 6.07 Å². The molecule has 4 nitrogen and oxygen atoms in total. The summed E-state index contributed by atoms with van der Waals surface area (Å²) in [6.45, 7) is 0.667. The average molecular weight is 183 g/mol. The van der Waals surface area contributed by atoms with Crippen LogP contribution in [0.25, 0.3) is 0 Å². The smallest absolute Gasteiger partial charge is 0.138 e. The second kappa shape index (κ2) is 4.69. The molecule has 0 bridgehead atoms. The van der Waals surface area contributed by atoms with Crippen molar-refractivity contribution in [2.45, 2.75) is 6.61 Å². The quantitative estimate of drug-likeness (QED) is 0.360. The van der Waals surface area contributed by atoms with Crippen LogP contribution in [0.5, 0.6) is 5.75 Å². The van der Waals surface area contributed by atoms with Gasteiger partial charge in [0.05, 0.1) is 25.5 Å². The van der Waals surface area contributed by atoms with Crippen LogP contribution in [0.2, 0.25) is 0 Å². The third-order valence-corrected chi connectivity index (χ3v) is 1.60. The first-order chi connectivity index (χ1) is 6.24. The Morgan fingerprint density at radius 1 is 1.38 bits per heavy atom. The van der Waals surface area contributed by atoms with E-state index in [0.717, 1.165) is 5.56 Å². The molecule has 0 heterocycles. The Hall–Kier alpha value is -1.26. The number of nitrogens with two attached hydrogens (primary N) is 1. The molecule has 0 saturated carbocycles. The second-order valence-electron chi connectivity index (χ2n) is 2.67. The number of phenols is 1. The molecule has 0 radical (unpaired) electrons. The highest BCUT2D eigenvalue weighted by molar-refractivity contribution is 5.52. The number of aromatic hydroxyl groups is 1. The predicted octanol–water partition coefficient (Wildman–Crippen LogP) is 0.483. The first-order valence-electron chi connectivity index (χ1n) is 4.00. The summed E-state index contributed by atoms with van der Waals surface area (Å²) in [5.74, 6) is 0.0603. The van der Waals surface area contributed by atoms with E-state index < -0.39 is 0 Å². The van der Waals surface area contributed by atoms with Crippen LogP contribution in [0.3, 0.4) is 0 Å². The summed E-state index contributed by atoms with van der Waals surface area (Å²) in [6, 6.07) is 4.94. The van der Waals surface area contributed by atoms with Crippen LogP contribution < -0.4 is 5.73 Å². The van der Waals surface area contributed by atoms with Gasteiger partial charge in [-0.25, -0.2) is 0 Å². The van der Waals surface area contributed by atoms with Crippen LogP contribution in [0.4, 0.5) is 5.69 Å². The second-order valence-corrected chi connectivity index (χ2v) is 2.67. The van der Waals surface area contributed by atoms with Gasteiger partial charge in [0.2, 0.25) is 0 Å². The number of ether oxygens (including phenoxy) is 1. The number of hydrogen-bond donors (Lipinski definition) is 3. The zero-order valence-corrected chi connectivity index (χ0v) is 7.23. The van der Waals surface area contributed by atoms with E-state index in [1.165, 1.54) is 0 Å². The first kappa shape index (κ1) is 9.83. The lowest BCUT2D eigenvalue weighted by atomic mass is 10.2. The number of aliphatic hydroxyl groups is 1. The molecule has 1 aromatic carbocycles. The van der Waals surface area contributed by atoms with E-state index in [4.69, 9.17) is 15.6 Å². The van der Waals surface area contributed by atoms with E-state index in [9.17, 15) is 5.11 Å². The number of anilines is 1. The maximum Gasteiger partial charge on any atom is 0.138 e. The molecule has 72 valence electrons. The van der Waals surface area contributed by atoms with E-state index in [1.54, 1.807) is 18.2 Å². The summed E-state index contributed by atoms with van der Waals surface area (Å²) in [5.41, 5.74) is 6.60. The molecule has 1 aromatic rings. The summed E-state index contributed by atoms with van der Waals surface area (Å²) in [7, 11) is 0. The number of hydrogen-bond acceptors (Lipinski definition) is 4. The molecule has 0 spiro atoms. The van der Waals surface area contributed by atoms with Crippen LogP contribution >= 0.6 is 0 Å². The topological polar surface area (TPSA) is 75.7 Å². The predicted molar refractivity (Wildman–Crippen MR) is 49.3 cm³/mol. The van der Waals surface area contributed by atoms with Crippen LogP contribution in [0, 0.1) is 0 Å². The van der Waals surface area contributed by atoms with Gasteiger partial charge in [-0.05, 0) is 17.7 Å². The van der Waals surface area contributed by atoms with Crippen molar-refractivity contribution in [3.05, 3.63) is 23.8 Å². The van der Waals surface area contributed by atoms with Crippen LogP contribution in [-0.4, -0.2) is 23.4 Å². The Balaban J connectivity index is 2.53. The van der Waals surface area contributed by atoms with E-state index in [1.807, 2.05) is 0 Å². The molecule has 0 aromatic heterocycles. The largest absolute Gasteiger partial charge is 0.506 e. The summed E-state index contributed by atoms with van der Waals surface area (Å²) in [4.78, 5) is 0. The minimum Gasteiger partial charge on any atom is -0.506 e. The molecule has 0 aliphatic carbocycles. The molecule has 0 fully saturated rings. The molecular formula is C9H13NO3. The summed E-state index contributed by atoms with van der Waals surface area (Å²) >= 11 is 0. The molecule has 0 aliphatic heterocycles. The van der Waals surface area contributed by atoms with Crippen molar-refractivity contribution in [2.75, 3.05) is 18.9 Å². The van der Waals surface area contributed by atoms with Crippen molar-refractivity contribution in [3.8, 4) is 5.75 Å². The monoisotopic (exact) mass is 183 g/mol. The lowest BCUT2D eigenvalue weighted by Crippen LogP contribution is -1.99. The van der Waals surface area contributed by atoms with Gasteiger partial charge in [0, 0.05) is 0 Å². The Morgan fingerprint density at radius 2 is 2.15 bits per heavy atom. The molecule has 13 heavy (non-hydrogen) atoms. The Bertz CT molecular complexity index is 276. The van der Waals surface area contributed by atoms with Gasteiger partial charge >= 0.3 is 0 Å². The lowest BCUT2D eigenvalue weighted by molar-refractivity contribution is 0.0815. The molecule has 0 atom stereocenters. The number of phenolic OH excluding ortho intramolecular Hbond substituents is 1. The van der Waals surface area contributed by atoms with E-state index in [0.29, 0.717) is 18.9 Å². The SMILES string of the molecule is Nc1ccc(COCCO)cc1O. The van der Waals surface area contributed by atoms with Gasteiger partial charge in [0.25, 0.3) is 0 Å². The fourth-order valence-electron chi connectivity index (χ4n) is 0.934. The normalized spacial score (nSPS) is 10.2. The first-order valence-corrected chi connectivity index (χ1v) is 4.00. The number of aliphatic hydroxyl groups excluding tert-OH is 1. The van der Waals surface area contributed by atoms with Gasteiger partial charge in [0.1, 0.15) is 5.75 Å². The minimum absolute atomic E-state index is 0.000947. The zero-order valence-electron chi connectivity index (χ0n) is 7.23. The molecule has 0 amide bonds. The van der Waals surface area contributed by atoms with E-state index in [-0.39, 0.29) is 12.4 Å². The molecule has 0 unspecified atom stereocenters. The molecule has 0 saturated heterocycles. The molecular weight excluding hydrogens is 170 g/mol. The average Bonchev–Trinajstić information content (AvgIpc) is 2.12. The van der Waals surface area contributed by atoms with Crippen molar-refractivity contribution in [1.82, 2.24) is 0 Å². The summed E-state index contributed by atoms with van der Waals surface area (Å²) in [6.07, 6.45) is 0. The van der Waals surface area contributed by atoms with E-state index >= 15 is 0 Å². The highest BCUT2D eigenvalue weighted by Gasteiger charge is 1.98.